The highest BCUT2D eigenvalue weighted by molar-refractivity contribution is 6.33. The van der Waals surface area contributed by atoms with E-state index in [1.165, 1.54) is 0 Å². The third-order valence-corrected chi connectivity index (χ3v) is 3.64. The van der Waals surface area contributed by atoms with Crippen molar-refractivity contribution in [3.05, 3.63) is 28.8 Å². The van der Waals surface area contributed by atoms with Gasteiger partial charge in [0, 0.05) is 12.2 Å². The molecule has 1 aliphatic rings. The largest absolute Gasteiger partial charge is 0.462 e. The number of nitrogens with zero attached hydrogens (tertiary/aromatic N) is 1. The molecule has 19 heavy (non-hydrogen) atoms. The van der Waals surface area contributed by atoms with E-state index in [1.807, 2.05) is 6.07 Å². The Balaban J connectivity index is 2.20. The number of hydrogen-bond acceptors (Lipinski definition) is 4. The number of rotatable bonds is 3. The Hall–Kier alpha value is -1.26. The molecule has 0 saturated carbocycles. The van der Waals surface area contributed by atoms with Crippen LogP contribution in [0.2, 0.25) is 5.02 Å². The zero-order chi connectivity index (χ0) is 13.8. The van der Waals surface area contributed by atoms with Crippen molar-refractivity contribution in [2.45, 2.75) is 32.4 Å². The molecule has 1 aromatic carbocycles. The number of carbonyl (C=O) groups is 1. The predicted molar refractivity (Wildman–Crippen MR) is 76.6 cm³/mol. The van der Waals surface area contributed by atoms with Crippen molar-refractivity contribution in [1.29, 1.82) is 0 Å². The first-order valence-corrected chi connectivity index (χ1v) is 7.00. The molecule has 0 bridgehead atoms. The van der Waals surface area contributed by atoms with E-state index in [9.17, 15) is 4.79 Å². The lowest BCUT2D eigenvalue weighted by Crippen LogP contribution is -2.45. The smallest absolute Gasteiger partial charge is 0.339 e. The van der Waals surface area contributed by atoms with Crippen LogP contribution >= 0.6 is 11.6 Å². The van der Waals surface area contributed by atoms with Gasteiger partial charge < -0.3 is 15.4 Å². The van der Waals surface area contributed by atoms with Crippen LogP contribution in [-0.4, -0.2) is 25.3 Å². The maximum absolute atomic E-state index is 11.7. The van der Waals surface area contributed by atoms with Gasteiger partial charge in [0.15, 0.2) is 0 Å². The van der Waals surface area contributed by atoms with Crippen LogP contribution in [0.5, 0.6) is 0 Å². The third kappa shape index (κ3) is 3.19. The van der Waals surface area contributed by atoms with E-state index in [1.54, 1.807) is 19.1 Å². The van der Waals surface area contributed by atoms with Crippen molar-refractivity contribution in [3.63, 3.8) is 0 Å². The minimum Gasteiger partial charge on any atom is -0.462 e. The van der Waals surface area contributed by atoms with E-state index in [-0.39, 0.29) is 12.1 Å². The van der Waals surface area contributed by atoms with Gasteiger partial charge in [0.1, 0.15) is 0 Å². The second-order valence-electron chi connectivity index (χ2n) is 4.64. The zero-order valence-corrected chi connectivity index (χ0v) is 11.8. The lowest BCUT2D eigenvalue weighted by atomic mass is 10.1. The van der Waals surface area contributed by atoms with Gasteiger partial charge in [-0.3, -0.25) is 0 Å². The van der Waals surface area contributed by atoms with Crippen molar-refractivity contribution in [3.8, 4) is 0 Å². The Morgan fingerprint density at radius 2 is 2.32 bits per heavy atom. The van der Waals surface area contributed by atoms with Crippen LogP contribution in [0.3, 0.4) is 0 Å². The predicted octanol–water partition coefficient (Wildman–Crippen LogP) is 2.79. The second kappa shape index (κ2) is 6.26. The maximum Gasteiger partial charge on any atom is 0.339 e. The molecule has 2 N–H and O–H groups in total. The lowest BCUT2D eigenvalue weighted by Gasteiger charge is -2.35. The standard InChI is InChI=1S/C14H19ClN2O2/c1-2-19-14(18)11-7-6-10(9-12(11)15)17-8-4-3-5-13(17)16/h6-7,9,13H,2-5,8,16H2,1H3. The summed E-state index contributed by atoms with van der Waals surface area (Å²) in [6.45, 7) is 3.04. The minimum absolute atomic E-state index is 0.0262. The molecule has 2 rings (SSSR count). The number of ether oxygens (including phenoxy) is 1. The van der Waals surface area contributed by atoms with Crippen LogP contribution in [0, 0.1) is 0 Å². The summed E-state index contributed by atoms with van der Waals surface area (Å²) in [6.07, 6.45) is 3.30. The van der Waals surface area contributed by atoms with Crippen molar-refractivity contribution in [2.75, 3.05) is 18.1 Å². The summed E-state index contributed by atoms with van der Waals surface area (Å²) >= 11 is 6.16. The molecule has 0 aliphatic carbocycles. The molecule has 1 unspecified atom stereocenters. The van der Waals surface area contributed by atoms with Crippen LogP contribution in [-0.2, 0) is 4.74 Å². The van der Waals surface area contributed by atoms with Crippen LogP contribution in [0.15, 0.2) is 18.2 Å². The Kier molecular flexibility index (Phi) is 4.66. The average Bonchev–Trinajstić information content (AvgIpc) is 2.39. The summed E-state index contributed by atoms with van der Waals surface area (Å²) in [6, 6.07) is 5.37. The van der Waals surface area contributed by atoms with Gasteiger partial charge >= 0.3 is 5.97 Å². The number of hydrogen-bond donors (Lipinski definition) is 1. The van der Waals surface area contributed by atoms with Gasteiger partial charge in [0.05, 0.1) is 23.4 Å². The summed E-state index contributed by atoms with van der Waals surface area (Å²) in [5, 5.41) is 0.411. The van der Waals surface area contributed by atoms with E-state index < -0.39 is 0 Å². The van der Waals surface area contributed by atoms with Crippen molar-refractivity contribution in [1.82, 2.24) is 0 Å². The quantitative estimate of drug-likeness (QED) is 0.866. The Labute approximate surface area is 118 Å². The Morgan fingerprint density at radius 1 is 1.53 bits per heavy atom. The van der Waals surface area contributed by atoms with Crippen molar-refractivity contribution >= 4 is 23.3 Å². The summed E-state index contributed by atoms with van der Waals surface area (Å²) in [4.78, 5) is 13.8. The molecule has 1 heterocycles. The molecule has 0 spiro atoms. The Bertz CT molecular complexity index is 465. The monoisotopic (exact) mass is 282 g/mol. The Morgan fingerprint density at radius 3 is 2.95 bits per heavy atom. The zero-order valence-electron chi connectivity index (χ0n) is 11.1. The summed E-state index contributed by atoms with van der Waals surface area (Å²) in [5.41, 5.74) is 7.46. The van der Waals surface area contributed by atoms with E-state index >= 15 is 0 Å². The highest BCUT2D eigenvalue weighted by Gasteiger charge is 2.20. The number of nitrogens with two attached hydrogens (primary N) is 1. The molecule has 0 amide bonds. The normalized spacial score (nSPS) is 19.3. The summed E-state index contributed by atoms with van der Waals surface area (Å²) in [7, 11) is 0. The molecule has 1 aromatic rings. The number of benzene rings is 1. The first-order valence-electron chi connectivity index (χ1n) is 6.62. The fourth-order valence-corrected chi connectivity index (χ4v) is 2.59. The van der Waals surface area contributed by atoms with Gasteiger partial charge in [-0.15, -0.1) is 0 Å². The van der Waals surface area contributed by atoms with E-state index in [0.717, 1.165) is 31.5 Å². The van der Waals surface area contributed by atoms with Crippen LogP contribution in [0.4, 0.5) is 5.69 Å². The summed E-state index contributed by atoms with van der Waals surface area (Å²) < 4.78 is 4.95. The average molecular weight is 283 g/mol. The number of carbonyl (C=O) groups excluding carboxylic acids is 1. The van der Waals surface area contributed by atoms with E-state index in [0.29, 0.717) is 17.2 Å². The van der Waals surface area contributed by atoms with Crippen molar-refractivity contribution < 1.29 is 9.53 Å². The molecule has 1 saturated heterocycles. The van der Waals surface area contributed by atoms with Crippen LogP contribution in [0.25, 0.3) is 0 Å². The molecule has 5 heteroatoms. The molecular weight excluding hydrogens is 264 g/mol. The molecule has 1 atom stereocenters. The van der Waals surface area contributed by atoms with Crippen LogP contribution < -0.4 is 10.6 Å². The van der Waals surface area contributed by atoms with Gasteiger partial charge in [-0.2, -0.15) is 0 Å². The van der Waals surface area contributed by atoms with Gasteiger partial charge in [0.2, 0.25) is 0 Å². The molecule has 104 valence electrons. The number of anilines is 1. The molecule has 0 aromatic heterocycles. The number of piperidine rings is 1. The highest BCUT2D eigenvalue weighted by Crippen LogP contribution is 2.27. The second-order valence-corrected chi connectivity index (χ2v) is 5.05. The van der Waals surface area contributed by atoms with Gasteiger partial charge in [-0.25, -0.2) is 4.79 Å². The van der Waals surface area contributed by atoms with E-state index in [2.05, 4.69) is 4.90 Å². The minimum atomic E-state index is -0.387. The topological polar surface area (TPSA) is 55.6 Å². The fraction of sp³-hybridized carbons (Fsp3) is 0.500. The number of halogens is 1. The van der Waals surface area contributed by atoms with Gasteiger partial charge in [-0.1, -0.05) is 11.6 Å². The lowest BCUT2D eigenvalue weighted by molar-refractivity contribution is 0.0526. The first kappa shape index (κ1) is 14.2. The molecular formula is C14H19ClN2O2. The fourth-order valence-electron chi connectivity index (χ4n) is 2.33. The maximum atomic E-state index is 11.7. The molecule has 1 fully saturated rings. The third-order valence-electron chi connectivity index (χ3n) is 3.33. The first-order chi connectivity index (χ1) is 9.13. The number of esters is 1. The highest BCUT2D eigenvalue weighted by atomic mass is 35.5. The van der Waals surface area contributed by atoms with Gasteiger partial charge in [0.25, 0.3) is 0 Å². The molecule has 4 nitrogen and oxygen atoms in total. The molecule has 0 radical (unpaired) electrons. The van der Waals surface area contributed by atoms with E-state index in [4.69, 9.17) is 22.1 Å². The van der Waals surface area contributed by atoms with Crippen molar-refractivity contribution in [2.24, 2.45) is 5.73 Å². The SMILES string of the molecule is CCOC(=O)c1ccc(N2CCCCC2N)cc1Cl. The summed E-state index contributed by atoms with van der Waals surface area (Å²) in [5.74, 6) is -0.387. The molecule has 1 aliphatic heterocycles. The van der Waals surface area contributed by atoms with Crippen LogP contribution in [0.1, 0.15) is 36.5 Å². The van der Waals surface area contributed by atoms with Gasteiger partial charge in [-0.05, 0) is 44.4 Å².